The first kappa shape index (κ1) is 18.7. The van der Waals surface area contributed by atoms with E-state index in [1.54, 1.807) is 24.3 Å². The summed E-state index contributed by atoms with van der Waals surface area (Å²) in [6.07, 6.45) is 1.08. The number of methoxy groups -OCH3 is 1. The Hall–Kier alpha value is -4.08. The lowest BCUT2D eigenvalue weighted by molar-refractivity contribution is -0.383. The number of esters is 1. The van der Waals surface area contributed by atoms with Crippen LogP contribution in [0, 0.1) is 15.9 Å². The number of halogens is 1. The van der Waals surface area contributed by atoms with Gasteiger partial charge in [0.15, 0.2) is 0 Å². The summed E-state index contributed by atoms with van der Waals surface area (Å²) < 4.78 is 18.6. The van der Waals surface area contributed by atoms with Gasteiger partial charge in [0.1, 0.15) is 12.1 Å². The summed E-state index contributed by atoms with van der Waals surface area (Å²) in [6.45, 7) is 0. The molecule has 0 saturated heterocycles. The lowest BCUT2D eigenvalue weighted by Gasteiger charge is -2.12. The second kappa shape index (κ2) is 8.08. The third-order valence-corrected chi connectivity index (χ3v) is 3.72. The van der Waals surface area contributed by atoms with Gasteiger partial charge in [0.05, 0.1) is 29.0 Å². The molecule has 0 bridgehead atoms. The van der Waals surface area contributed by atoms with E-state index in [2.05, 4.69) is 20.6 Å². The Labute approximate surface area is 158 Å². The maximum absolute atomic E-state index is 13.9. The van der Waals surface area contributed by atoms with Gasteiger partial charge in [0.25, 0.3) is 0 Å². The normalized spacial score (nSPS) is 10.2. The predicted molar refractivity (Wildman–Crippen MR) is 99.4 cm³/mol. The van der Waals surface area contributed by atoms with Gasteiger partial charge < -0.3 is 15.4 Å². The minimum Gasteiger partial charge on any atom is -0.465 e. The van der Waals surface area contributed by atoms with Crippen molar-refractivity contribution in [3.05, 3.63) is 76.4 Å². The summed E-state index contributed by atoms with van der Waals surface area (Å²) in [5.41, 5.74) is -0.0647. The number of benzene rings is 2. The van der Waals surface area contributed by atoms with Crippen molar-refractivity contribution in [2.75, 3.05) is 17.7 Å². The highest BCUT2D eigenvalue weighted by atomic mass is 19.1. The fraction of sp³-hybridized carbons (Fsp3) is 0.0556. The monoisotopic (exact) mass is 383 g/mol. The van der Waals surface area contributed by atoms with Crippen LogP contribution in [-0.4, -0.2) is 28.0 Å². The molecule has 0 fully saturated rings. The van der Waals surface area contributed by atoms with E-state index in [1.165, 1.54) is 31.4 Å². The summed E-state index contributed by atoms with van der Waals surface area (Å²) in [4.78, 5) is 30.6. The standard InChI is InChI=1S/C18H14FN5O4/c1-28-18(25)11-6-2-4-8-13(11)22-16-15(24(26)27)17(21-10-20-16)23-14-9-5-3-7-12(14)19/h2-10H,1H3,(H2,20,21,22,23). The number of carbonyl (C=O) groups is 1. The lowest BCUT2D eigenvalue weighted by atomic mass is 10.2. The average Bonchev–Trinajstić information content (AvgIpc) is 2.69. The minimum atomic E-state index is -0.702. The molecule has 1 aromatic heterocycles. The second-order valence-electron chi connectivity index (χ2n) is 5.44. The van der Waals surface area contributed by atoms with Crippen LogP contribution in [0.1, 0.15) is 10.4 Å². The molecular formula is C18H14FN5O4. The zero-order valence-electron chi connectivity index (χ0n) is 14.5. The van der Waals surface area contributed by atoms with Gasteiger partial charge in [-0.3, -0.25) is 10.1 Å². The van der Waals surface area contributed by atoms with Gasteiger partial charge in [0.2, 0.25) is 11.6 Å². The summed E-state index contributed by atoms with van der Waals surface area (Å²) in [7, 11) is 1.22. The second-order valence-corrected chi connectivity index (χ2v) is 5.44. The number of hydrogen-bond donors (Lipinski definition) is 2. The van der Waals surface area contributed by atoms with Crippen LogP contribution in [0.5, 0.6) is 0 Å². The maximum Gasteiger partial charge on any atom is 0.353 e. The molecule has 0 radical (unpaired) electrons. The number of nitrogens with one attached hydrogen (secondary N) is 2. The fourth-order valence-electron chi connectivity index (χ4n) is 2.43. The van der Waals surface area contributed by atoms with Crippen molar-refractivity contribution >= 4 is 34.7 Å². The van der Waals surface area contributed by atoms with Crippen molar-refractivity contribution in [1.29, 1.82) is 0 Å². The fourth-order valence-corrected chi connectivity index (χ4v) is 2.43. The van der Waals surface area contributed by atoms with Crippen molar-refractivity contribution in [1.82, 2.24) is 9.97 Å². The summed E-state index contributed by atoms with van der Waals surface area (Å²) in [5, 5.41) is 17.0. The first-order valence-electron chi connectivity index (χ1n) is 7.96. The Bertz CT molecular complexity index is 1040. The number of rotatable bonds is 6. The topological polar surface area (TPSA) is 119 Å². The SMILES string of the molecule is COC(=O)c1ccccc1Nc1ncnc(Nc2ccccc2F)c1[N+](=O)[O-]. The highest BCUT2D eigenvalue weighted by Gasteiger charge is 2.25. The number of nitro groups is 1. The molecule has 2 aromatic carbocycles. The third-order valence-electron chi connectivity index (χ3n) is 3.72. The number of hydrogen-bond acceptors (Lipinski definition) is 8. The van der Waals surface area contributed by atoms with Crippen LogP contribution in [0.15, 0.2) is 54.9 Å². The van der Waals surface area contributed by atoms with Crippen LogP contribution in [0.4, 0.5) is 33.1 Å². The van der Waals surface area contributed by atoms with Crippen molar-refractivity contribution in [3.8, 4) is 0 Å². The Morgan fingerprint density at radius 2 is 1.61 bits per heavy atom. The van der Waals surface area contributed by atoms with Crippen LogP contribution in [0.2, 0.25) is 0 Å². The first-order chi connectivity index (χ1) is 13.5. The molecule has 10 heteroatoms. The molecule has 28 heavy (non-hydrogen) atoms. The molecule has 0 aliphatic heterocycles. The number of anilines is 4. The van der Waals surface area contributed by atoms with Crippen molar-refractivity contribution in [3.63, 3.8) is 0 Å². The lowest BCUT2D eigenvalue weighted by Crippen LogP contribution is -2.09. The quantitative estimate of drug-likeness (QED) is 0.375. The Kier molecular flexibility index (Phi) is 5.40. The number of aromatic nitrogens is 2. The van der Waals surface area contributed by atoms with E-state index in [1.807, 2.05) is 0 Å². The smallest absolute Gasteiger partial charge is 0.353 e. The van der Waals surface area contributed by atoms with Crippen LogP contribution >= 0.6 is 0 Å². The third kappa shape index (κ3) is 3.85. The van der Waals surface area contributed by atoms with E-state index in [-0.39, 0.29) is 28.6 Å². The van der Waals surface area contributed by atoms with Crippen LogP contribution in [-0.2, 0) is 4.74 Å². The van der Waals surface area contributed by atoms with E-state index in [0.29, 0.717) is 0 Å². The summed E-state index contributed by atoms with van der Waals surface area (Å²) in [5.74, 6) is -1.59. The minimum absolute atomic E-state index is 0.0187. The number of nitrogens with zero attached hydrogens (tertiary/aromatic N) is 3. The average molecular weight is 383 g/mol. The molecule has 142 valence electrons. The molecule has 0 saturated carbocycles. The van der Waals surface area contributed by atoms with Crippen molar-refractivity contribution in [2.45, 2.75) is 0 Å². The zero-order chi connectivity index (χ0) is 20.1. The van der Waals surface area contributed by atoms with Gasteiger partial charge >= 0.3 is 11.7 Å². The van der Waals surface area contributed by atoms with Gasteiger partial charge in [0, 0.05) is 0 Å². The molecule has 0 aliphatic carbocycles. The molecular weight excluding hydrogens is 369 g/mol. The van der Waals surface area contributed by atoms with Gasteiger partial charge in [-0.2, -0.15) is 0 Å². The van der Waals surface area contributed by atoms with E-state index in [9.17, 15) is 19.3 Å². The van der Waals surface area contributed by atoms with Crippen molar-refractivity contribution < 1.29 is 18.8 Å². The van der Waals surface area contributed by atoms with E-state index < -0.39 is 22.4 Å². The van der Waals surface area contributed by atoms with E-state index in [0.717, 1.165) is 6.33 Å². The molecule has 0 aliphatic rings. The Morgan fingerprint density at radius 3 is 2.21 bits per heavy atom. The van der Waals surface area contributed by atoms with Crippen LogP contribution in [0.25, 0.3) is 0 Å². The Balaban J connectivity index is 2.03. The number of para-hydroxylation sites is 2. The van der Waals surface area contributed by atoms with E-state index in [4.69, 9.17) is 4.74 Å². The van der Waals surface area contributed by atoms with Crippen LogP contribution in [0.3, 0.4) is 0 Å². The molecule has 9 nitrogen and oxygen atoms in total. The molecule has 0 spiro atoms. The molecule has 3 rings (SSSR count). The maximum atomic E-state index is 13.9. The molecule has 0 atom stereocenters. The molecule has 2 N–H and O–H groups in total. The van der Waals surface area contributed by atoms with Gasteiger partial charge in [-0.15, -0.1) is 0 Å². The number of ether oxygens (including phenoxy) is 1. The summed E-state index contributed by atoms with van der Waals surface area (Å²) >= 11 is 0. The van der Waals surface area contributed by atoms with Gasteiger partial charge in [-0.1, -0.05) is 24.3 Å². The number of carbonyl (C=O) groups excluding carboxylic acids is 1. The van der Waals surface area contributed by atoms with Gasteiger partial charge in [-0.05, 0) is 24.3 Å². The largest absolute Gasteiger partial charge is 0.465 e. The highest BCUT2D eigenvalue weighted by molar-refractivity contribution is 5.96. The molecule has 0 amide bonds. The zero-order valence-corrected chi connectivity index (χ0v) is 14.5. The molecule has 0 unspecified atom stereocenters. The Morgan fingerprint density at radius 1 is 1.04 bits per heavy atom. The molecule has 1 heterocycles. The van der Waals surface area contributed by atoms with E-state index >= 15 is 0 Å². The van der Waals surface area contributed by atoms with Gasteiger partial charge in [-0.25, -0.2) is 19.2 Å². The highest BCUT2D eigenvalue weighted by Crippen LogP contribution is 2.34. The first-order valence-corrected chi connectivity index (χ1v) is 7.96. The summed E-state index contributed by atoms with van der Waals surface area (Å²) in [6, 6.07) is 12.0. The van der Waals surface area contributed by atoms with Crippen molar-refractivity contribution in [2.24, 2.45) is 0 Å². The van der Waals surface area contributed by atoms with Crippen LogP contribution < -0.4 is 10.6 Å². The molecule has 3 aromatic rings. The predicted octanol–water partition coefficient (Wildman–Crippen LogP) is 3.80.